The minimum atomic E-state index is -6.18. The number of nitrogens with two attached hydrogens (primary N) is 1. The number of aliphatic hydroxyl groups is 1. The number of carbonyl (C=O) groups is 1. The van der Waals surface area contributed by atoms with Crippen LogP contribution in [0.25, 0.3) is 0 Å². The van der Waals surface area contributed by atoms with Crippen LogP contribution in [0.1, 0.15) is 0 Å². The maximum atomic E-state index is 11.6. The van der Waals surface area contributed by atoms with Crippen molar-refractivity contribution in [3.8, 4) is 0 Å². The second-order valence-corrected chi connectivity index (χ2v) is 2.07. The van der Waals surface area contributed by atoms with Crippen LogP contribution in [-0.2, 0) is 4.79 Å². The molecule has 0 aromatic rings. The fourth-order valence-corrected chi connectivity index (χ4v) is 0.440. The monoisotopic (exact) mass is 211 g/mol. The standard InChI is InChI=1S/C4H3F6NO2/c5-3(6,7)2(13,1(11)12)4(8,9)10/h13H,(H2,11,12). The van der Waals surface area contributed by atoms with E-state index in [-0.39, 0.29) is 0 Å². The number of hydrogen-bond donors (Lipinski definition) is 2. The van der Waals surface area contributed by atoms with E-state index < -0.39 is 23.9 Å². The molecule has 0 bridgehead atoms. The molecular weight excluding hydrogens is 208 g/mol. The first kappa shape index (κ1) is 12.0. The van der Waals surface area contributed by atoms with E-state index in [0.29, 0.717) is 0 Å². The van der Waals surface area contributed by atoms with Crippen molar-refractivity contribution >= 4 is 5.91 Å². The number of alkyl halides is 6. The Morgan fingerprint density at radius 2 is 1.23 bits per heavy atom. The van der Waals surface area contributed by atoms with Crippen LogP contribution >= 0.6 is 0 Å². The molecule has 78 valence electrons. The van der Waals surface area contributed by atoms with Crippen LogP contribution in [0.2, 0.25) is 0 Å². The highest BCUT2D eigenvalue weighted by atomic mass is 19.4. The van der Waals surface area contributed by atoms with Gasteiger partial charge < -0.3 is 10.8 Å². The molecule has 0 spiro atoms. The van der Waals surface area contributed by atoms with Gasteiger partial charge in [-0.1, -0.05) is 0 Å². The first-order valence-electron chi connectivity index (χ1n) is 2.60. The van der Waals surface area contributed by atoms with Gasteiger partial charge in [-0.3, -0.25) is 4.79 Å². The van der Waals surface area contributed by atoms with Crippen LogP contribution in [0.3, 0.4) is 0 Å². The maximum absolute atomic E-state index is 11.6. The summed E-state index contributed by atoms with van der Waals surface area (Å²) in [6.07, 6.45) is -12.4. The molecule has 0 aliphatic heterocycles. The number of carbonyl (C=O) groups excluding carboxylic acids is 1. The van der Waals surface area contributed by atoms with E-state index in [4.69, 9.17) is 5.11 Å². The van der Waals surface area contributed by atoms with Crippen molar-refractivity contribution in [2.45, 2.75) is 18.0 Å². The van der Waals surface area contributed by atoms with E-state index >= 15 is 0 Å². The average molecular weight is 211 g/mol. The van der Waals surface area contributed by atoms with Gasteiger partial charge in [0.2, 0.25) is 0 Å². The fraction of sp³-hybridized carbons (Fsp3) is 0.750. The highest BCUT2D eigenvalue weighted by Crippen LogP contribution is 2.42. The van der Waals surface area contributed by atoms with Crippen molar-refractivity contribution in [1.82, 2.24) is 0 Å². The zero-order valence-corrected chi connectivity index (χ0v) is 5.70. The summed E-state index contributed by atoms with van der Waals surface area (Å²) in [5.41, 5.74) is -1.67. The molecule has 0 saturated heterocycles. The van der Waals surface area contributed by atoms with Gasteiger partial charge in [0.1, 0.15) is 0 Å². The Hall–Kier alpha value is -0.990. The summed E-state index contributed by atoms with van der Waals surface area (Å²) in [6, 6.07) is 0. The molecule has 0 atom stereocenters. The summed E-state index contributed by atoms with van der Waals surface area (Å²) in [6.45, 7) is 0. The molecular formula is C4H3F6NO2. The number of hydrogen-bond acceptors (Lipinski definition) is 2. The van der Waals surface area contributed by atoms with Gasteiger partial charge in [0.05, 0.1) is 0 Å². The number of primary amides is 1. The summed E-state index contributed by atoms with van der Waals surface area (Å²) in [7, 11) is 0. The molecule has 3 N–H and O–H groups in total. The van der Waals surface area contributed by atoms with E-state index in [1.54, 1.807) is 0 Å². The Balaban J connectivity index is 5.35. The summed E-state index contributed by atoms with van der Waals surface area (Å²) < 4.78 is 69.5. The van der Waals surface area contributed by atoms with Crippen molar-refractivity contribution in [2.75, 3.05) is 0 Å². The third-order valence-electron chi connectivity index (χ3n) is 1.18. The molecule has 0 fully saturated rings. The van der Waals surface area contributed by atoms with Gasteiger partial charge >= 0.3 is 18.0 Å². The predicted octanol–water partition coefficient (Wildman–Crippen LogP) is 0.327. The van der Waals surface area contributed by atoms with Crippen molar-refractivity contribution in [3.63, 3.8) is 0 Å². The summed E-state index contributed by atoms with van der Waals surface area (Å²) in [5, 5.41) is 8.04. The van der Waals surface area contributed by atoms with Gasteiger partial charge in [0.25, 0.3) is 5.91 Å². The van der Waals surface area contributed by atoms with Gasteiger partial charge in [-0.25, -0.2) is 0 Å². The van der Waals surface area contributed by atoms with Crippen LogP contribution in [0, 0.1) is 0 Å². The van der Waals surface area contributed by atoms with Crippen molar-refractivity contribution in [2.24, 2.45) is 5.73 Å². The molecule has 0 aliphatic rings. The fourth-order valence-electron chi connectivity index (χ4n) is 0.440. The van der Waals surface area contributed by atoms with Crippen molar-refractivity contribution in [3.05, 3.63) is 0 Å². The second kappa shape index (κ2) is 2.76. The first-order chi connectivity index (χ1) is 5.44. The minimum Gasteiger partial charge on any atom is -0.367 e. The van der Waals surface area contributed by atoms with E-state index in [0.717, 1.165) is 0 Å². The Morgan fingerprint density at radius 3 is 1.23 bits per heavy atom. The summed E-state index contributed by atoms with van der Waals surface area (Å²) in [4.78, 5) is 9.85. The SMILES string of the molecule is NC(=O)C(O)(C(F)(F)F)C(F)(F)F. The topological polar surface area (TPSA) is 63.3 Å². The number of amides is 1. The largest absolute Gasteiger partial charge is 0.435 e. The number of halogens is 6. The quantitative estimate of drug-likeness (QED) is 0.613. The molecule has 0 unspecified atom stereocenters. The van der Waals surface area contributed by atoms with Gasteiger partial charge in [-0.15, -0.1) is 0 Å². The molecule has 0 rings (SSSR count). The molecule has 13 heavy (non-hydrogen) atoms. The molecule has 1 amide bonds. The second-order valence-electron chi connectivity index (χ2n) is 2.07. The lowest BCUT2D eigenvalue weighted by Gasteiger charge is -2.28. The van der Waals surface area contributed by atoms with E-state index in [2.05, 4.69) is 5.73 Å². The average Bonchev–Trinajstić information content (AvgIpc) is 1.80. The molecule has 0 aliphatic carbocycles. The van der Waals surface area contributed by atoms with Gasteiger partial charge in [0, 0.05) is 0 Å². The lowest BCUT2D eigenvalue weighted by molar-refractivity contribution is -0.349. The van der Waals surface area contributed by atoms with Crippen LogP contribution in [0.5, 0.6) is 0 Å². The molecule has 0 heterocycles. The zero-order chi connectivity index (χ0) is 11.1. The Labute approximate surface area is 67.1 Å². The maximum Gasteiger partial charge on any atom is 0.435 e. The third kappa shape index (κ3) is 1.69. The van der Waals surface area contributed by atoms with E-state index in [1.807, 2.05) is 0 Å². The molecule has 0 aromatic carbocycles. The van der Waals surface area contributed by atoms with Crippen LogP contribution < -0.4 is 5.73 Å². The van der Waals surface area contributed by atoms with Gasteiger partial charge in [-0.2, -0.15) is 26.3 Å². The highest BCUT2D eigenvalue weighted by molar-refractivity contribution is 5.85. The summed E-state index contributed by atoms with van der Waals surface area (Å²) in [5.74, 6) is -2.91. The Morgan fingerprint density at radius 1 is 1.00 bits per heavy atom. The zero-order valence-electron chi connectivity index (χ0n) is 5.70. The predicted molar refractivity (Wildman–Crippen MR) is 26.3 cm³/mol. The smallest absolute Gasteiger partial charge is 0.367 e. The van der Waals surface area contributed by atoms with Crippen LogP contribution in [0.4, 0.5) is 26.3 Å². The first-order valence-corrected chi connectivity index (χ1v) is 2.60. The van der Waals surface area contributed by atoms with E-state index in [1.165, 1.54) is 0 Å². The number of rotatable bonds is 1. The van der Waals surface area contributed by atoms with Gasteiger partial charge in [0.15, 0.2) is 0 Å². The minimum absolute atomic E-state index is 2.91. The molecule has 0 radical (unpaired) electrons. The lowest BCUT2D eigenvalue weighted by Crippen LogP contribution is -2.64. The highest BCUT2D eigenvalue weighted by Gasteiger charge is 2.74. The molecule has 0 aromatic heterocycles. The Kier molecular flexibility index (Phi) is 2.55. The molecule has 0 saturated carbocycles. The molecule has 9 heteroatoms. The third-order valence-corrected chi connectivity index (χ3v) is 1.18. The Bertz CT molecular complexity index is 204. The van der Waals surface area contributed by atoms with Crippen molar-refractivity contribution < 1.29 is 36.2 Å². The van der Waals surface area contributed by atoms with Crippen molar-refractivity contribution in [1.29, 1.82) is 0 Å². The normalized spacial score (nSPS) is 14.4. The van der Waals surface area contributed by atoms with E-state index in [9.17, 15) is 31.1 Å². The van der Waals surface area contributed by atoms with Crippen LogP contribution in [-0.4, -0.2) is 29.0 Å². The molecule has 3 nitrogen and oxygen atoms in total. The van der Waals surface area contributed by atoms with Crippen LogP contribution in [0.15, 0.2) is 0 Å². The van der Waals surface area contributed by atoms with Gasteiger partial charge in [-0.05, 0) is 0 Å². The summed E-state index contributed by atoms with van der Waals surface area (Å²) >= 11 is 0. The lowest BCUT2D eigenvalue weighted by atomic mass is 10.0.